The quantitative estimate of drug-likeness (QED) is 0.597. The summed E-state index contributed by atoms with van der Waals surface area (Å²) in [6.45, 7) is 4.08. The van der Waals surface area contributed by atoms with Crippen molar-refractivity contribution in [3.63, 3.8) is 0 Å². The van der Waals surface area contributed by atoms with E-state index in [-0.39, 0.29) is 17.7 Å². The highest BCUT2D eigenvalue weighted by molar-refractivity contribution is 5.76. The number of unbranched alkanes of at least 4 members (excludes halogenated alkanes) is 2. The number of hydrogen-bond donors (Lipinski definition) is 2. The SMILES string of the molecule is CC(=O)NCCCCC[C@H](C)C(N)=O. The van der Waals surface area contributed by atoms with Gasteiger partial charge in [-0.3, -0.25) is 9.59 Å². The summed E-state index contributed by atoms with van der Waals surface area (Å²) in [6.07, 6.45) is 3.82. The summed E-state index contributed by atoms with van der Waals surface area (Å²) in [5.41, 5.74) is 5.12. The number of hydrogen-bond acceptors (Lipinski definition) is 2. The second kappa shape index (κ2) is 7.35. The Morgan fingerprint density at radius 3 is 2.43 bits per heavy atom. The van der Waals surface area contributed by atoms with Gasteiger partial charge < -0.3 is 11.1 Å². The van der Waals surface area contributed by atoms with Crippen molar-refractivity contribution in [1.82, 2.24) is 5.32 Å². The van der Waals surface area contributed by atoms with Crippen molar-refractivity contribution in [2.45, 2.75) is 39.5 Å². The predicted molar refractivity (Wildman–Crippen MR) is 55.5 cm³/mol. The van der Waals surface area contributed by atoms with Crippen LogP contribution in [-0.2, 0) is 9.59 Å². The van der Waals surface area contributed by atoms with Crippen LogP contribution in [0.3, 0.4) is 0 Å². The molecule has 0 radical (unpaired) electrons. The Bertz CT molecular complexity index is 193. The predicted octanol–water partition coefficient (Wildman–Crippen LogP) is 0.804. The molecule has 3 N–H and O–H groups in total. The van der Waals surface area contributed by atoms with Crippen molar-refractivity contribution in [1.29, 1.82) is 0 Å². The molecule has 1 atom stereocenters. The Balaban J connectivity index is 3.21. The molecule has 0 aliphatic rings. The van der Waals surface area contributed by atoms with Crippen molar-refractivity contribution >= 4 is 11.8 Å². The van der Waals surface area contributed by atoms with Gasteiger partial charge in [-0.2, -0.15) is 0 Å². The molecule has 0 aliphatic carbocycles. The average Bonchev–Trinajstić information content (AvgIpc) is 2.09. The molecule has 0 aliphatic heterocycles. The minimum Gasteiger partial charge on any atom is -0.369 e. The largest absolute Gasteiger partial charge is 0.369 e. The van der Waals surface area contributed by atoms with Crippen molar-refractivity contribution in [2.75, 3.05) is 6.54 Å². The number of nitrogens with one attached hydrogen (secondary N) is 1. The smallest absolute Gasteiger partial charge is 0.220 e. The topological polar surface area (TPSA) is 72.2 Å². The minimum atomic E-state index is -0.230. The molecule has 0 spiro atoms. The molecule has 0 aromatic carbocycles. The third kappa shape index (κ3) is 7.58. The van der Waals surface area contributed by atoms with E-state index in [1.807, 2.05) is 6.92 Å². The van der Waals surface area contributed by atoms with Crippen LogP contribution < -0.4 is 11.1 Å². The number of amides is 2. The molecule has 0 saturated heterocycles. The van der Waals surface area contributed by atoms with Crippen LogP contribution >= 0.6 is 0 Å². The van der Waals surface area contributed by atoms with Crippen LogP contribution in [0, 0.1) is 5.92 Å². The molecule has 0 aromatic rings. The molecule has 82 valence electrons. The maximum absolute atomic E-state index is 10.7. The number of carbonyl (C=O) groups excluding carboxylic acids is 2. The summed E-state index contributed by atoms with van der Waals surface area (Å²) in [5.74, 6) is -0.252. The van der Waals surface area contributed by atoms with E-state index in [0.717, 1.165) is 32.2 Å². The molecule has 4 heteroatoms. The molecule has 0 heterocycles. The van der Waals surface area contributed by atoms with Crippen molar-refractivity contribution in [3.8, 4) is 0 Å². The first-order valence-electron chi connectivity index (χ1n) is 5.07. The number of carbonyl (C=O) groups is 2. The van der Waals surface area contributed by atoms with Crippen LogP contribution in [0.5, 0.6) is 0 Å². The zero-order chi connectivity index (χ0) is 11.0. The van der Waals surface area contributed by atoms with Crippen LogP contribution in [0.1, 0.15) is 39.5 Å². The van der Waals surface area contributed by atoms with Crippen LogP contribution in [0.4, 0.5) is 0 Å². The highest BCUT2D eigenvalue weighted by atomic mass is 16.1. The van der Waals surface area contributed by atoms with Gasteiger partial charge in [0.2, 0.25) is 11.8 Å². The summed E-state index contributed by atoms with van der Waals surface area (Å²) >= 11 is 0. The molecule has 0 rings (SSSR count). The molecule has 2 amide bonds. The van der Waals surface area contributed by atoms with Crippen LogP contribution in [0.25, 0.3) is 0 Å². The Morgan fingerprint density at radius 2 is 1.93 bits per heavy atom. The van der Waals surface area contributed by atoms with Gasteiger partial charge in [0.1, 0.15) is 0 Å². The fourth-order valence-corrected chi connectivity index (χ4v) is 1.16. The first-order valence-corrected chi connectivity index (χ1v) is 5.07. The molecular formula is C10H20N2O2. The molecule has 0 fully saturated rings. The summed E-state index contributed by atoms with van der Waals surface area (Å²) in [7, 11) is 0. The van der Waals surface area contributed by atoms with Crippen LogP contribution in [0.2, 0.25) is 0 Å². The van der Waals surface area contributed by atoms with Gasteiger partial charge in [0.05, 0.1) is 0 Å². The van der Waals surface area contributed by atoms with Gasteiger partial charge >= 0.3 is 0 Å². The van der Waals surface area contributed by atoms with E-state index in [1.165, 1.54) is 6.92 Å². The number of nitrogens with two attached hydrogens (primary N) is 1. The van der Waals surface area contributed by atoms with Gasteiger partial charge in [-0.1, -0.05) is 19.8 Å². The molecule has 14 heavy (non-hydrogen) atoms. The van der Waals surface area contributed by atoms with E-state index in [4.69, 9.17) is 5.73 Å². The summed E-state index contributed by atoms with van der Waals surface area (Å²) < 4.78 is 0. The third-order valence-electron chi connectivity index (χ3n) is 2.17. The second-order valence-electron chi connectivity index (χ2n) is 3.64. The van der Waals surface area contributed by atoms with E-state index in [2.05, 4.69) is 5.32 Å². The van der Waals surface area contributed by atoms with E-state index in [1.54, 1.807) is 0 Å². The van der Waals surface area contributed by atoms with E-state index in [9.17, 15) is 9.59 Å². The fourth-order valence-electron chi connectivity index (χ4n) is 1.16. The van der Waals surface area contributed by atoms with Gasteiger partial charge in [-0.25, -0.2) is 0 Å². The van der Waals surface area contributed by atoms with Crippen LogP contribution in [-0.4, -0.2) is 18.4 Å². The van der Waals surface area contributed by atoms with E-state index < -0.39 is 0 Å². The summed E-state index contributed by atoms with van der Waals surface area (Å²) in [4.78, 5) is 21.2. The lowest BCUT2D eigenvalue weighted by Crippen LogP contribution is -2.21. The Hall–Kier alpha value is -1.06. The molecule has 4 nitrogen and oxygen atoms in total. The van der Waals surface area contributed by atoms with Crippen LogP contribution in [0.15, 0.2) is 0 Å². The number of rotatable bonds is 7. The maximum Gasteiger partial charge on any atom is 0.220 e. The Kier molecular flexibility index (Phi) is 6.80. The highest BCUT2D eigenvalue weighted by Crippen LogP contribution is 2.07. The summed E-state index contributed by atoms with van der Waals surface area (Å²) in [6, 6.07) is 0. The minimum absolute atomic E-state index is 0.00973. The standard InChI is InChI=1S/C10H20N2O2/c1-8(10(11)14)6-4-3-5-7-12-9(2)13/h8H,3-7H2,1-2H3,(H2,11,14)(H,12,13)/t8-/m0/s1. The monoisotopic (exact) mass is 200 g/mol. The number of primary amides is 1. The fraction of sp³-hybridized carbons (Fsp3) is 0.800. The zero-order valence-electron chi connectivity index (χ0n) is 9.01. The highest BCUT2D eigenvalue weighted by Gasteiger charge is 2.06. The molecule has 0 aromatic heterocycles. The zero-order valence-corrected chi connectivity index (χ0v) is 9.01. The van der Waals surface area contributed by atoms with Gasteiger partial charge in [0.15, 0.2) is 0 Å². The maximum atomic E-state index is 10.7. The molecule has 0 saturated carbocycles. The molecular weight excluding hydrogens is 180 g/mol. The Morgan fingerprint density at radius 1 is 1.29 bits per heavy atom. The molecule has 0 bridgehead atoms. The normalized spacial score (nSPS) is 12.1. The third-order valence-corrected chi connectivity index (χ3v) is 2.17. The van der Waals surface area contributed by atoms with Gasteiger partial charge in [0, 0.05) is 19.4 Å². The van der Waals surface area contributed by atoms with Crippen molar-refractivity contribution < 1.29 is 9.59 Å². The van der Waals surface area contributed by atoms with Crippen molar-refractivity contribution in [2.24, 2.45) is 11.7 Å². The lowest BCUT2D eigenvalue weighted by molar-refractivity contribution is -0.121. The van der Waals surface area contributed by atoms with Gasteiger partial charge in [-0.15, -0.1) is 0 Å². The first-order chi connectivity index (χ1) is 6.54. The van der Waals surface area contributed by atoms with Gasteiger partial charge in [-0.05, 0) is 12.8 Å². The molecule has 0 unspecified atom stereocenters. The van der Waals surface area contributed by atoms with E-state index >= 15 is 0 Å². The van der Waals surface area contributed by atoms with Crippen molar-refractivity contribution in [3.05, 3.63) is 0 Å². The average molecular weight is 200 g/mol. The lowest BCUT2D eigenvalue weighted by atomic mass is 10.0. The summed E-state index contributed by atoms with van der Waals surface area (Å²) in [5, 5.41) is 2.73. The van der Waals surface area contributed by atoms with Gasteiger partial charge in [0.25, 0.3) is 0 Å². The lowest BCUT2D eigenvalue weighted by Gasteiger charge is -2.06. The second-order valence-corrected chi connectivity index (χ2v) is 3.64. The Labute approximate surface area is 85.2 Å². The van der Waals surface area contributed by atoms with E-state index in [0.29, 0.717) is 0 Å². The first kappa shape index (κ1) is 12.9.